The van der Waals surface area contributed by atoms with Crippen molar-refractivity contribution in [3.8, 4) is 0 Å². The quantitative estimate of drug-likeness (QED) is 0.348. The Morgan fingerprint density at radius 3 is 2.26 bits per heavy atom. The van der Waals surface area contributed by atoms with Crippen LogP contribution in [0.25, 0.3) is 0 Å². The van der Waals surface area contributed by atoms with E-state index in [1.165, 1.54) is 0 Å². The fraction of sp³-hybridized carbons (Fsp3) is 0.727. The Kier molecular flexibility index (Phi) is 7.69. The minimum Gasteiger partial charge on any atom is -0.479 e. The largest absolute Gasteiger partial charge is 0.479 e. The summed E-state index contributed by atoms with van der Waals surface area (Å²) in [4.78, 5) is 33.0. The Labute approximate surface area is 111 Å². The molecule has 19 heavy (non-hydrogen) atoms. The Bertz CT molecular complexity index is 332. The van der Waals surface area contributed by atoms with Crippen LogP contribution in [0.15, 0.2) is 0 Å². The molecule has 0 aromatic rings. The van der Waals surface area contributed by atoms with Gasteiger partial charge in [-0.3, -0.25) is 9.59 Å². The van der Waals surface area contributed by atoms with E-state index in [0.717, 1.165) is 0 Å². The molecule has 0 rings (SSSR count). The molecule has 110 valence electrons. The number of amides is 2. The van der Waals surface area contributed by atoms with Crippen LogP contribution in [-0.4, -0.2) is 53.2 Å². The Hall–Kier alpha value is -1.67. The van der Waals surface area contributed by atoms with Gasteiger partial charge in [0, 0.05) is 13.0 Å². The van der Waals surface area contributed by atoms with E-state index in [2.05, 4.69) is 10.6 Å². The van der Waals surface area contributed by atoms with Crippen molar-refractivity contribution in [3.05, 3.63) is 0 Å². The van der Waals surface area contributed by atoms with Crippen LogP contribution in [0.2, 0.25) is 0 Å². The van der Waals surface area contributed by atoms with E-state index in [0.29, 0.717) is 0 Å². The smallest absolute Gasteiger partial charge is 0.332 e. The zero-order valence-corrected chi connectivity index (χ0v) is 11.0. The minimum absolute atomic E-state index is 0.0123. The summed E-state index contributed by atoms with van der Waals surface area (Å²) in [6.45, 7) is 3.36. The molecule has 8 heteroatoms. The second-order valence-electron chi connectivity index (χ2n) is 4.48. The third kappa shape index (κ3) is 7.37. The van der Waals surface area contributed by atoms with Gasteiger partial charge in [0.25, 0.3) is 0 Å². The molecule has 0 saturated carbocycles. The number of nitrogens with one attached hydrogen (secondary N) is 2. The molecule has 0 fully saturated rings. The van der Waals surface area contributed by atoms with E-state index in [9.17, 15) is 14.4 Å². The van der Waals surface area contributed by atoms with Gasteiger partial charge in [-0.1, -0.05) is 13.8 Å². The Balaban J connectivity index is 3.82. The molecule has 2 atom stereocenters. The molecular formula is C11H21N3O5. The normalized spacial score (nSPS) is 13.7. The van der Waals surface area contributed by atoms with Crippen molar-refractivity contribution in [1.29, 1.82) is 0 Å². The number of rotatable bonds is 8. The number of carboxylic acid groups (broad SMARTS) is 1. The molecule has 0 heterocycles. The third-order valence-electron chi connectivity index (χ3n) is 2.47. The van der Waals surface area contributed by atoms with E-state index < -0.39 is 29.9 Å². The Morgan fingerprint density at radius 2 is 1.79 bits per heavy atom. The number of carbonyl (C=O) groups is 3. The van der Waals surface area contributed by atoms with Gasteiger partial charge in [0.15, 0.2) is 6.10 Å². The fourth-order valence-corrected chi connectivity index (χ4v) is 1.12. The van der Waals surface area contributed by atoms with Crippen LogP contribution in [0.3, 0.4) is 0 Å². The molecule has 0 spiro atoms. The van der Waals surface area contributed by atoms with Crippen LogP contribution in [0.5, 0.6) is 0 Å². The summed E-state index contributed by atoms with van der Waals surface area (Å²) < 4.78 is 0. The number of hydrogen-bond donors (Lipinski definition) is 5. The molecule has 0 bridgehead atoms. The average Bonchev–Trinajstić information content (AvgIpc) is 2.34. The summed E-state index contributed by atoms with van der Waals surface area (Å²) in [7, 11) is 0. The van der Waals surface area contributed by atoms with Crippen LogP contribution in [0.1, 0.15) is 20.3 Å². The van der Waals surface area contributed by atoms with E-state index in [4.69, 9.17) is 15.9 Å². The van der Waals surface area contributed by atoms with Crippen LogP contribution < -0.4 is 16.4 Å². The SMILES string of the molecule is CC(C)[C@H](N)C(=O)NCC(=O)NCC[C@H](O)C(=O)O. The van der Waals surface area contributed by atoms with Crippen molar-refractivity contribution in [2.45, 2.75) is 32.4 Å². The standard InChI is InChI=1S/C11H21N3O5/c1-6(2)9(12)10(17)14-5-8(16)13-4-3-7(15)11(18)19/h6-7,9,15H,3-5,12H2,1-2H3,(H,13,16)(H,14,17)(H,18,19)/t7-,9-/m0/s1. The minimum atomic E-state index is -1.51. The molecule has 0 radical (unpaired) electrons. The first-order valence-corrected chi connectivity index (χ1v) is 5.96. The summed E-state index contributed by atoms with van der Waals surface area (Å²) in [5.41, 5.74) is 5.58. The number of aliphatic hydroxyl groups excluding tert-OH is 1. The first-order chi connectivity index (χ1) is 8.75. The number of aliphatic carboxylic acids is 1. The molecular weight excluding hydrogens is 254 g/mol. The highest BCUT2D eigenvalue weighted by atomic mass is 16.4. The third-order valence-corrected chi connectivity index (χ3v) is 2.47. The summed E-state index contributed by atoms with van der Waals surface area (Å²) in [6.07, 6.45) is -1.61. The predicted molar refractivity (Wildman–Crippen MR) is 67.1 cm³/mol. The second kappa shape index (κ2) is 8.44. The highest BCUT2D eigenvalue weighted by Crippen LogP contribution is 1.97. The van der Waals surface area contributed by atoms with E-state index >= 15 is 0 Å². The number of hydrogen-bond acceptors (Lipinski definition) is 5. The lowest BCUT2D eigenvalue weighted by molar-refractivity contribution is -0.147. The summed E-state index contributed by atoms with van der Waals surface area (Å²) in [5.74, 6) is -2.27. The van der Waals surface area contributed by atoms with Crippen molar-refractivity contribution in [2.24, 2.45) is 11.7 Å². The molecule has 2 amide bonds. The van der Waals surface area contributed by atoms with Crippen LogP contribution in [0.4, 0.5) is 0 Å². The number of carboxylic acids is 1. The van der Waals surface area contributed by atoms with E-state index in [1.54, 1.807) is 13.8 Å². The summed E-state index contributed by atoms with van der Waals surface area (Å²) in [6, 6.07) is -0.679. The lowest BCUT2D eigenvalue weighted by Crippen LogP contribution is -2.47. The number of nitrogens with two attached hydrogens (primary N) is 1. The van der Waals surface area contributed by atoms with Crippen molar-refractivity contribution in [3.63, 3.8) is 0 Å². The van der Waals surface area contributed by atoms with E-state index in [-0.39, 0.29) is 25.4 Å². The van der Waals surface area contributed by atoms with Gasteiger partial charge < -0.3 is 26.6 Å². The monoisotopic (exact) mass is 275 g/mol. The van der Waals surface area contributed by atoms with Gasteiger partial charge in [0.2, 0.25) is 11.8 Å². The van der Waals surface area contributed by atoms with Crippen molar-refractivity contribution in [1.82, 2.24) is 10.6 Å². The van der Waals surface area contributed by atoms with Crippen molar-refractivity contribution >= 4 is 17.8 Å². The maximum Gasteiger partial charge on any atom is 0.332 e. The zero-order valence-electron chi connectivity index (χ0n) is 11.0. The molecule has 0 aliphatic carbocycles. The lowest BCUT2D eigenvalue weighted by atomic mass is 10.1. The Morgan fingerprint density at radius 1 is 1.21 bits per heavy atom. The highest BCUT2D eigenvalue weighted by Gasteiger charge is 2.17. The van der Waals surface area contributed by atoms with Gasteiger partial charge >= 0.3 is 5.97 Å². The van der Waals surface area contributed by atoms with Gasteiger partial charge in [-0.25, -0.2) is 4.79 Å². The van der Waals surface area contributed by atoms with Crippen molar-refractivity contribution < 1.29 is 24.6 Å². The molecule has 0 saturated heterocycles. The maximum absolute atomic E-state index is 11.4. The number of aliphatic hydroxyl groups is 1. The second-order valence-corrected chi connectivity index (χ2v) is 4.48. The first kappa shape index (κ1) is 17.3. The van der Waals surface area contributed by atoms with Crippen LogP contribution in [-0.2, 0) is 14.4 Å². The lowest BCUT2D eigenvalue weighted by Gasteiger charge is -2.15. The highest BCUT2D eigenvalue weighted by molar-refractivity contribution is 5.87. The predicted octanol–water partition coefficient (Wildman–Crippen LogP) is -1.96. The summed E-state index contributed by atoms with van der Waals surface area (Å²) in [5, 5.41) is 22.1. The van der Waals surface area contributed by atoms with Gasteiger partial charge in [-0.05, 0) is 5.92 Å². The molecule has 0 aromatic heterocycles. The topological polar surface area (TPSA) is 142 Å². The van der Waals surface area contributed by atoms with Crippen LogP contribution >= 0.6 is 0 Å². The molecule has 0 unspecified atom stereocenters. The van der Waals surface area contributed by atoms with Gasteiger partial charge in [0.05, 0.1) is 12.6 Å². The molecule has 6 N–H and O–H groups in total. The van der Waals surface area contributed by atoms with Gasteiger partial charge in [-0.2, -0.15) is 0 Å². The van der Waals surface area contributed by atoms with Crippen LogP contribution in [0, 0.1) is 5.92 Å². The molecule has 8 nitrogen and oxygen atoms in total. The fourth-order valence-electron chi connectivity index (χ4n) is 1.12. The first-order valence-electron chi connectivity index (χ1n) is 5.96. The summed E-state index contributed by atoms with van der Waals surface area (Å²) >= 11 is 0. The molecule has 0 aliphatic rings. The number of carbonyl (C=O) groups excluding carboxylic acids is 2. The maximum atomic E-state index is 11.4. The molecule has 0 aliphatic heterocycles. The van der Waals surface area contributed by atoms with E-state index in [1.807, 2.05) is 0 Å². The van der Waals surface area contributed by atoms with Gasteiger partial charge in [-0.15, -0.1) is 0 Å². The molecule has 0 aromatic carbocycles. The zero-order chi connectivity index (χ0) is 15.0. The van der Waals surface area contributed by atoms with Crippen molar-refractivity contribution in [2.75, 3.05) is 13.1 Å². The average molecular weight is 275 g/mol. The van der Waals surface area contributed by atoms with Gasteiger partial charge in [0.1, 0.15) is 0 Å².